The minimum Gasteiger partial charge on any atom is -0.444 e. The predicted molar refractivity (Wildman–Crippen MR) is 68.9 cm³/mol. The molecule has 1 heterocycles. The van der Waals surface area contributed by atoms with Gasteiger partial charge < -0.3 is 10.1 Å². The van der Waals surface area contributed by atoms with E-state index in [-0.39, 0.29) is 13.0 Å². The first-order valence-electron chi connectivity index (χ1n) is 6.23. The highest BCUT2D eigenvalue weighted by atomic mass is 19.4. The number of nitrogens with zero attached hydrogens (tertiary/aromatic N) is 2. The van der Waals surface area contributed by atoms with E-state index < -0.39 is 35.6 Å². The van der Waals surface area contributed by atoms with E-state index >= 15 is 0 Å². The van der Waals surface area contributed by atoms with E-state index in [1.165, 1.54) is 0 Å². The average Bonchev–Trinajstić information content (AvgIpc) is 2.74. The molecule has 0 bridgehead atoms. The van der Waals surface area contributed by atoms with Crippen LogP contribution in [0.1, 0.15) is 33.0 Å². The molecule has 11 heteroatoms. The second kappa shape index (κ2) is 6.62. The summed E-state index contributed by atoms with van der Waals surface area (Å²) in [6.07, 6.45) is -5.54. The zero-order chi connectivity index (χ0) is 17.0. The molecular formula is C11H16F3N5O3. The number of aromatic amines is 1. The third-order valence-corrected chi connectivity index (χ3v) is 2.03. The lowest BCUT2D eigenvalue weighted by atomic mass is 10.2. The van der Waals surface area contributed by atoms with Gasteiger partial charge in [0, 0.05) is 13.0 Å². The summed E-state index contributed by atoms with van der Waals surface area (Å²) in [5, 5.41) is 9.28. The molecule has 0 atom stereocenters. The maximum atomic E-state index is 12.3. The van der Waals surface area contributed by atoms with Gasteiger partial charge >= 0.3 is 12.3 Å². The summed E-state index contributed by atoms with van der Waals surface area (Å²) in [6, 6.07) is 0. The van der Waals surface area contributed by atoms with Gasteiger partial charge in [-0.15, -0.1) is 5.10 Å². The van der Waals surface area contributed by atoms with E-state index in [9.17, 15) is 22.8 Å². The molecule has 8 nitrogen and oxygen atoms in total. The van der Waals surface area contributed by atoms with Crippen molar-refractivity contribution in [1.29, 1.82) is 0 Å². The summed E-state index contributed by atoms with van der Waals surface area (Å²) in [7, 11) is 0. The molecule has 1 aromatic heterocycles. The fraction of sp³-hybridized carbons (Fsp3) is 0.636. The summed E-state index contributed by atoms with van der Waals surface area (Å²) in [5.41, 5.74) is -0.667. The van der Waals surface area contributed by atoms with E-state index in [4.69, 9.17) is 4.74 Å². The molecule has 0 unspecified atom stereocenters. The van der Waals surface area contributed by atoms with Crippen molar-refractivity contribution in [1.82, 2.24) is 20.5 Å². The number of hydrogen-bond donors (Lipinski definition) is 3. The number of ether oxygens (including phenoxy) is 1. The van der Waals surface area contributed by atoms with Crippen LogP contribution >= 0.6 is 0 Å². The highest BCUT2D eigenvalue weighted by Crippen LogP contribution is 2.26. The van der Waals surface area contributed by atoms with E-state index in [2.05, 4.69) is 20.7 Å². The van der Waals surface area contributed by atoms with Crippen LogP contribution in [-0.4, -0.2) is 39.3 Å². The van der Waals surface area contributed by atoms with E-state index in [1.807, 2.05) is 0 Å². The molecule has 0 saturated heterocycles. The lowest BCUT2D eigenvalue weighted by Crippen LogP contribution is -2.34. The Balaban J connectivity index is 2.35. The van der Waals surface area contributed by atoms with Gasteiger partial charge in [0.05, 0.1) is 0 Å². The Morgan fingerprint density at radius 1 is 1.27 bits per heavy atom. The quantitative estimate of drug-likeness (QED) is 0.781. The average molecular weight is 323 g/mol. The lowest BCUT2D eigenvalue weighted by Gasteiger charge is -2.19. The molecular weight excluding hydrogens is 307 g/mol. The van der Waals surface area contributed by atoms with Crippen molar-refractivity contribution in [2.75, 3.05) is 11.9 Å². The summed E-state index contributed by atoms with van der Waals surface area (Å²) < 4.78 is 41.7. The van der Waals surface area contributed by atoms with E-state index in [0.717, 1.165) is 0 Å². The number of nitrogens with one attached hydrogen (secondary N) is 3. The van der Waals surface area contributed by atoms with Crippen molar-refractivity contribution in [3.63, 3.8) is 0 Å². The van der Waals surface area contributed by atoms with E-state index in [1.54, 1.807) is 25.9 Å². The summed E-state index contributed by atoms with van der Waals surface area (Å²) >= 11 is 0. The second-order valence-corrected chi connectivity index (χ2v) is 5.23. The summed E-state index contributed by atoms with van der Waals surface area (Å²) in [5.74, 6) is -2.45. The third-order valence-electron chi connectivity index (χ3n) is 2.03. The van der Waals surface area contributed by atoms with Gasteiger partial charge in [-0.25, -0.2) is 4.79 Å². The fourth-order valence-electron chi connectivity index (χ4n) is 1.22. The van der Waals surface area contributed by atoms with Gasteiger partial charge in [-0.1, -0.05) is 0 Å². The number of anilines is 1. The fourth-order valence-corrected chi connectivity index (χ4v) is 1.22. The monoisotopic (exact) mass is 323 g/mol. The molecule has 0 spiro atoms. The smallest absolute Gasteiger partial charge is 0.444 e. The Kier molecular flexibility index (Phi) is 5.33. The van der Waals surface area contributed by atoms with Gasteiger partial charge in [0.25, 0.3) is 0 Å². The minimum absolute atomic E-state index is 0.0443. The molecule has 1 aromatic rings. The maximum absolute atomic E-state index is 12.3. The normalized spacial score (nSPS) is 11.9. The van der Waals surface area contributed by atoms with Crippen molar-refractivity contribution in [3.8, 4) is 0 Å². The molecule has 0 aliphatic carbocycles. The number of carbonyl (C=O) groups is 2. The molecule has 124 valence electrons. The Morgan fingerprint density at radius 2 is 1.91 bits per heavy atom. The van der Waals surface area contributed by atoms with E-state index in [0.29, 0.717) is 0 Å². The van der Waals surface area contributed by atoms with Crippen LogP contribution in [0, 0.1) is 0 Å². The van der Waals surface area contributed by atoms with Crippen molar-refractivity contribution < 1.29 is 27.5 Å². The van der Waals surface area contributed by atoms with Gasteiger partial charge in [0.1, 0.15) is 5.60 Å². The number of H-pyrrole nitrogens is 1. The number of carbonyl (C=O) groups excluding carboxylic acids is 2. The number of aromatic nitrogens is 3. The standard InChI is InChI=1S/C11H16F3N5O3/c1-10(2,3)22-9(21)15-5-4-6(20)16-8-17-7(18-19-8)11(12,13)14/h4-5H2,1-3H3,(H,15,21)(H2,16,17,18,19,20). The van der Waals surface area contributed by atoms with Crippen LogP contribution < -0.4 is 10.6 Å². The highest BCUT2D eigenvalue weighted by molar-refractivity contribution is 5.89. The van der Waals surface area contributed by atoms with Crippen LogP contribution in [0.4, 0.5) is 23.9 Å². The van der Waals surface area contributed by atoms with Crippen LogP contribution in [0.25, 0.3) is 0 Å². The second-order valence-electron chi connectivity index (χ2n) is 5.23. The number of alkyl carbamates (subject to hydrolysis) is 1. The first kappa shape index (κ1) is 17.7. The number of alkyl halides is 3. The van der Waals surface area contributed by atoms with Crippen molar-refractivity contribution in [3.05, 3.63) is 5.82 Å². The lowest BCUT2D eigenvalue weighted by molar-refractivity contribution is -0.144. The van der Waals surface area contributed by atoms with Crippen molar-refractivity contribution in [2.24, 2.45) is 0 Å². The number of hydrogen-bond acceptors (Lipinski definition) is 5. The molecule has 1 rings (SSSR count). The van der Waals surface area contributed by atoms with Crippen LogP contribution in [0.5, 0.6) is 0 Å². The van der Waals surface area contributed by atoms with Crippen LogP contribution in [0.3, 0.4) is 0 Å². The first-order valence-corrected chi connectivity index (χ1v) is 6.23. The summed E-state index contributed by atoms with van der Waals surface area (Å²) in [4.78, 5) is 25.8. The minimum atomic E-state index is -4.67. The molecule has 0 aliphatic heterocycles. The molecule has 0 saturated carbocycles. The summed E-state index contributed by atoms with van der Waals surface area (Å²) in [6.45, 7) is 5.00. The van der Waals surface area contributed by atoms with Gasteiger partial charge in [0.15, 0.2) is 0 Å². The van der Waals surface area contributed by atoms with Crippen molar-refractivity contribution in [2.45, 2.75) is 39.0 Å². The number of amides is 2. The third kappa shape index (κ3) is 6.41. The van der Waals surface area contributed by atoms with Crippen molar-refractivity contribution >= 4 is 17.9 Å². The Bertz CT molecular complexity index is 536. The van der Waals surface area contributed by atoms with Gasteiger partial charge in [-0.2, -0.15) is 18.2 Å². The Morgan fingerprint density at radius 3 is 2.41 bits per heavy atom. The molecule has 0 aliphatic rings. The predicted octanol–water partition coefficient (Wildman–Crippen LogP) is 1.68. The van der Waals surface area contributed by atoms with Crippen LogP contribution in [-0.2, 0) is 15.7 Å². The Labute approximate surface area is 123 Å². The molecule has 0 aromatic carbocycles. The zero-order valence-electron chi connectivity index (χ0n) is 12.2. The zero-order valence-corrected chi connectivity index (χ0v) is 12.2. The molecule has 0 fully saturated rings. The van der Waals surface area contributed by atoms with Gasteiger partial charge in [0.2, 0.25) is 17.7 Å². The Hall–Kier alpha value is -2.33. The molecule has 2 amide bonds. The SMILES string of the molecule is CC(C)(C)OC(=O)NCCC(=O)Nc1n[nH]c(C(F)(F)F)n1. The topological polar surface area (TPSA) is 109 Å². The largest absolute Gasteiger partial charge is 0.451 e. The number of rotatable bonds is 4. The maximum Gasteiger partial charge on any atom is 0.451 e. The van der Waals surface area contributed by atoms with Gasteiger partial charge in [-0.3, -0.25) is 15.2 Å². The van der Waals surface area contributed by atoms with Crippen LogP contribution in [0.2, 0.25) is 0 Å². The van der Waals surface area contributed by atoms with Crippen LogP contribution in [0.15, 0.2) is 0 Å². The molecule has 3 N–H and O–H groups in total. The number of halogens is 3. The molecule has 0 radical (unpaired) electrons. The highest BCUT2D eigenvalue weighted by Gasteiger charge is 2.35. The molecule has 22 heavy (non-hydrogen) atoms. The van der Waals surface area contributed by atoms with Gasteiger partial charge in [-0.05, 0) is 20.8 Å². The first-order chi connectivity index (χ1) is 9.97.